The highest BCUT2D eigenvalue weighted by atomic mass is 35.5. The Morgan fingerprint density at radius 1 is 1.12 bits per heavy atom. The number of pyridine rings is 1. The zero-order chi connectivity index (χ0) is 12.4. The number of benzene rings is 1. The van der Waals surface area contributed by atoms with Gasteiger partial charge in [-0.25, -0.2) is 4.79 Å². The van der Waals surface area contributed by atoms with Crippen LogP contribution in [0, 0.1) is 0 Å². The molecule has 2 aromatic rings. The first-order valence-electron chi connectivity index (χ1n) is 4.73. The van der Waals surface area contributed by atoms with Gasteiger partial charge in [0.1, 0.15) is 0 Å². The molecule has 0 radical (unpaired) electrons. The third-order valence-corrected chi connectivity index (χ3v) is 2.86. The fourth-order valence-corrected chi connectivity index (χ4v) is 2.00. The molecular weight excluding hydrogens is 261 g/mol. The van der Waals surface area contributed by atoms with Crippen molar-refractivity contribution in [2.24, 2.45) is 0 Å². The van der Waals surface area contributed by atoms with Crippen LogP contribution in [0.25, 0.3) is 11.3 Å². The van der Waals surface area contributed by atoms with Crippen molar-refractivity contribution in [3.8, 4) is 11.3 Å². The van der Waals surface area contributed by atoms with Gasteiger partial charge in [-0.3, -0.25) is 4.98 Å². The number of halogens is 2. The number of carboxylic acids is 1. The minimum atomic E-state index is -1.02. The van der Waals surface area contributed by atoms with Crippen LogP contribution in [-0.2, 0) is 0 Å². The lowest BCUT2D eigenvalue weighted by molar-refractivity contribution is 0.0696. The van der Waals surface area contributed by atoms with Crippen LogP contribution in [0.3, 0.4) is 0 Å². The van der Waals surface area contributed by atoms with E-state index >= 15 is 0 Å². The number of hydrogen-bond acceptors (Lipinski definition) is 2. The van der Waals surface area contributed by atoms with E-state index in [0.29, 0.717) is 21.3 Å². The molecule has 0 bridgehead atoms. The topological polar surface area (TPSA) is 50.2 Å². The quantitative estimate of drug-likeness (QED) is 0.902. The lowest BCUT2D eigenvalue weighted by Crippen LogP contribution is -1.97. The molecule has 1 aromatic carbocycles. The van der Waals surface area contributed by atoms with Crippen LogP contribution in [-0.4, -0.2) is 16.1 Å². The van der Waals surface area contributed by atoms with Gasteiger partial charge in [0, 0.05) is 11.8 Å². The van der Waals surface area contributed by atoms with Crippen molar-refractivity contribution < 1.29 is 9.90 Å². The third kappa shape index (κ3) is 2.40. The van der Waals surface area contributed by atoms with Crippen molar-refractivity contribution >= 4 is 29.2 Å². The summed E-state index contributed by atoms with van der Waals surface area (Å²) >= 11 is 12.1. The highest BCUT2D eigenvalue weighted by Crippen LogP contribution is 2.33. The summed E-state index contributed by atoms with van der Waals surface area (Å²) in [5.74, 6) is -1.02. The molecule has 1 heterocycles. The Kier molecular flexibility index (Phi) is 3.31. The third-order valence-electron chi connectivity index (χ3n) is 2.23. The minimum Gasteiger partial charge on any atom is -0.478 e. The maximum atomic E-state index is 10.7. The largest absolute Gasteiger partial charge is 0.478 e. The van der Waals surface area contributed by atoms with Crippen molar-refractivity contribution in [2.75, 3.05) is 0 Å². The van der Waals surface area contributed by atoms with Gasteiger partial charge in [0.15, 0.2) is 0 Å². The number of nitrogens with zero attached hydrogens (tertiary/aromatic N) is 1. The van der Waals surface area contributed by atoms with Crippen LogP contribution in [0.4, 0.5) is 0 Å². The Morgan fingerprint density at radius 2 is 1.76 bits per heavy atom. The average molecular weight is 268 g/mol. The van der Waals surface area contributed by atoms with Crippen LogP contribution in [0.5, 0.6) is 0 Å². The lowest BCUT2D eigenvalue weighted by atomic mass is 10.1. The zero-order valence-electron chi connectivity index (χ0n) is 8.52. The van der Waals surface area contributed by atoms with E-state index in [1.54, 1.807) is 24.3 Å². The summed E-state index contributed by atoms with van der Waals surface area (Å²) in [6.45, 7) is 0. The van der Waals surface area contributed by atoms with E-state index in [-0.39, 0.29) is 5.56 Å². The fraction of sp³-hybridized carbons (Fsp3) is 0. The Labute approximate surface area is 108 Å². The van der Waals surface area contributed by atoms with E-state index in [1.807, 2.05) is 0 Å². The second kappa shape index (κ2) is 4.73. The van der Waals surface area contributed by atoms with Crippen LogP contribution >= 0.6 is 23.2 Å². The molecule has 0 saturated heterocycles. The standard InChI is InChI=1S/C12H7Cl2NO2/c13-8-2-1-3-9(14)11(8)10-5-4-7(6-15-10)12(16)17/h1-6H,(H,16,17). The van der Waals surface area contributed by atoms with Crippen molar-refractivity contribution in [3.63, 3.8) is 0 Å². The molecular formula is C12H7Cl2NO2. The SMILES string of the molecule is O=C(O)c1ccc(-c2c(Cl)cccc2Cl)nc1. The lowest BCUT2D eigenvalue weighted by Gasteiger charge is -2.06. The van der Waals surface area contributed by atoms with Gasteiger partial charge in [-0.2, -0.15) is 0 Å². The molecule has 1 N–H and O–H groups in total. The molecule has 0 aliphatic heterocycles. The Morgan fingerprint density at radius 3 is 2.24 bits per heavy atom. The van der Waals surface area contributed by atoms with Crippen LogP contribution in [0.2, 0.25) is 10.0 Å². The molecule has 3 nitrogen and oxygen atoms in total. The van der Waals surface area contributed by atoms with E-state index in [9.17, 15) is 4.79 Å². The second-order valence-corrected chi connectivity index (χ2v) is 4.15. The molecule has 2 rings (SSSR count). The molecule has 0 spiro atoms. The summed E-state index contributed by atoms with van der Waals surface area (Å²) in [4.78, 5) is 14.7. The molecule has 0 atom stereocenters. The Hall–Kier alpha value is -1.58. The van der Waals surface area contributed by atoms with Gasteiger partial charge < -0.3 is 5.11 Å². The summed E-state index contributed by atoms with van der Waals surface area (Å²) in [5, 5.41) is 9.72. The molecule has 0 amide bonds. The molecule has 0 saturated carbocycles. The summed E-state index contributed by atoms with van der Waals surface area (Å²) in [5.41, 5.74) is 1.27. The van der Waals surface area contributed by atoms with E-state index < -0.39 is 5.97 Å². The molecule has 1 aromatic heterocycles. The van der Waals surface area contributed by atoms with Gasteiger partial charge in [0.05, 0.1) is 21.3 Å². The first kappa shape index (κ1) is 11.9. The van der Waals surface area contributed by atoms with Crippen LogP contribution in [0.1, 0.15) is 10.4 Å². The number of carbonyl (C=O) groups is 1. The summed E-state index contributed by atoms with van der Waals surface area (Å²) in [6, 6.07) is 8.19. The smallest absolute Gasteiger partial charge is 0.337 e. The van der Waals surface area contributed by atoms with Crippen LogP contribution in [0.15, 0.2) is 36.5 Å². The number of aromatic carboxylic acids is 1. The van der Waals surface area contributed by atoms with Crippen molar-refractivity contribution in [2.45, 2.75) is 0 Å². The van der Waals surface area contributed by atoms with Gasteiger partial charge in [-0.1, -0.05) is 29.3 Å². The zero-order valence-corrected chi connectivity index (χ0v) is 10.0. The first-order chi connectivity index (χ1) is 8.09. The molecule has 0 aliphatic rings. The van der Waals surface area contributed by atoms with Gasteiger partial charge in [-0.15, -0.1) is 0 Å². The number of aromatic nitrogens is 1. The fourth-order valence-electron chi connectivity index (χ4n) is 1.41. The van der Waals surface area contributed by atoms with E-state index in [2.05, 4.69) is 4.98 Å². The van der Waals surface area contributed by atoms with Gasteiger partial charge in [0.2, 0.25) is 0 Å². The molecule has 0 unspecified atom stereocenters. The van der Waals surface area contributed by atoms with E-state index in [1.165, 1.54) is 12.3 Å². The maximum absolute atomic E-state index is 10.7. The highest BCUT2D eigenvalue weighted by molar-refractivity contribution is 6.39. The monoisotopic (exact) mass is 267 g/mol. The molecule has 86 valence electrons. The van der Waals surface area contributed by atoms with Crippen molar-refractivity contribution in [1.29, 1.82) is 0 Å². The second-order valence-electron chi connectivity index (χ2n) is 3.33. The average Bonchev–Trinajstić information content (AvgIpc) is 2.29. The normalized spacial score (nSPS) is 10.2. The predicted molar refractivity (Wildman–Crippen MR) is 66.7 cm³/mol. The number of hydrogen-bond donors (Lipinski definition) is 1. The molecule has 0 aliphatic carbocycles. The van der Waals surface area contributed by atoms with E-state index in [0.717, 1.165) is 0 Å². The molecule has 0 fully saturated rings. The maximum Gasteiger partial charge on any atom is 0.337 e. The number of carboxylic acid groups (broad SMARTS) is 1. The molecule has 5 heteroatoms. The predicted octanol–water partition coefficient (Wildman–Crippen LogP) is 3.75. The Bertz CT molecular complexity index is 547. The Balaban J connectivity index is 2.50. The minimum absolute atomic E-state index is 0.122. The van der Waals surface area contributed by atoms with Gasteiger partial charge in [0.25, 0.3) is 0 Å². The summed E-state index contributed by atoms with van der Waals surface area (Å²) in [7, 11) is 0. The van der Waals surface area contributed by atoms with Crippen molar-refractivity contribution in [3.05, 3.63) is 52.1 Å². The molecule has 17 heavy (non-hydrogen) atoms. The summed E-state index contributed by atoms with van der Waals surface area (Å²) in [6.07, 6.45) is 1.28. The highest BCUT2D eigenvalue weighted by Gasteiger charge is 2.10. The van der Waals surface area contributed by atoms with Gasteiger partial charge in [-0.05, 0) is 24.3 Å². The van der Waals surface area contributed by atoms with Crippen LogP contribution < -0.4 is 0 Å². The first-order valence-corrected chi connectivity index (χ1v) is 5.49. The van der Waals surface area contributed by atoms with Crippen molar-refractivity contribution in [1.82, 2.24) is 4.98 Å². The number of rotatable bonds is 2. The van der Waals surface area contributed by atoms with Gasteiger partial charge >= 0.3 is 5.97 Å². The summed E-state index contributed by atoms with van der Waals surface area (Å²) < 4.78 is 0. The van der Waals surface area contributed by atoms with E-state index in [4.69, 9.17) is 28.3 Å².